The number of ketones is 2. The Labute approximate surface area is 128 Å². The van der Waals surface area contributed by atoms with Crippen molar-refractivity contribution < 1.29 is 39.2 Å². The van der Waals surface area contributed by atoms with E-state index in [-0.39, 0.29) is 6.42 Å². The van der Waals surface area contributed by atoms with Gasteiger partial charge in [0.2, 0.25) is 0 Å². The van der Waals surface area contributed by atoms with Gasteiger partial charge in [-0.3, -0.25) is 14.4 Å². The Hall–Kier alpha value is -1.64. The van der Waals surface area contributed by atoms with Crippen LogP contribution in [0.5, 0.6) is 0 Å². The zero-order chi connectivity index (χ0) is 17.6. The Kier molecular flexibility index (Phi) is 7.51. The van der Waals surface area contributed by atoms with E-state index < -0.39 is 60.6 Å². The third-order valence-electron chi connectivity index (χ3n) is 3.82. The van der Waals surface area contributed by atoms with Crippen LogP contribution < -0.4 is 0 Å². The summed E-state index contributed by atoms with van der Waals surface area (Å²) in [5, 5.41) is 27.8. The average Bonchev–Trinajstić information content (AvgIpc) is 2.42. The Morgan fingerprint density at radius 2 is 1.23 bits per heavy atom. The molecule has 0 atom stereocenters. The van der Waals surface area contributed by atoms with Gasteiger partial charge in [-0.15, -0.1) is 0 Å². The van der Waals surface area contributed by atoms with Gasteiger partial charge in [0.1, 0.15) is 0 Å². The number of esters is 2. The summed E-state index contributed by atoms with van der Waals surface area (Å²) in [7, 11) is 0. The molecule has 0 amide bonds. The molecule has 0 unspecified atom stereocenters. The second kappa shape index (κ2) is 8.11. The Balaban J connectivity index is 5.61. The standard InChI is InChI=1S/C14H22O8/c1-9(18)14(10(2)19,12(21)22-11(3)20)5-4-13(6-15,7-16)8-17/h15-17H,4-8H2,1-3H3. The van der Waals surface area contributed by atoms with E-state index in [1.807, 2.05) is 0 Å². The molecule has 8 heteroatoms. The summed E-state index contributed by atoms with van der Waals surface area (Å²) in [6.45, 7) is 1.18. The minimum Gasteiger partial charge on any atom is -0.396 e. The lowest BCUT2D eigenvalue weighted by Crippen LogP contribution is -2.47. The van der Waals surface area contributed by atoms with E-state index in [2.05, 4.69) is 4.74 Å². The molecule has 0 bridgehead atoms. The van der Waals surface area contributed by atoms with Crippen LogP contribution in [-0.4, -0.2) is 58.6 Å². The predicted octanol–water partition coefficient (Wildman–Crippen LogP) is -1.02. The minimum atomic E-state index is -2.20. The molecule has 0 saturated heterocycles. The van der Waals surface area contributed by atoms with Crippen LogP contribution in [0.4, 0.5) is 0 Å². The minimum absolute atomic E-state index is 0.192. The number of aliphatic hydroxyl groups is 3. The Morgan fingerprint density at radius 1 is 0.818 bits per heavy atom. The van der Waals surface area contributed by atoms with Crippen molar-refractivity contribution in [2.24, 2.45) is 10.8 Å². The van der Waals surface area contributed by atoms with Crippen molar-refractivity contribution in [1.82, 2.24) is 0 Å². The van der Waals surface area contributed by atoms with Gasteiger partial charge in [0.25, 0.3) is 0 Å². The largest absolute Gasteiger partial charge is 0.396 e. The van der Waals surface area contributed by atoms with Gasteiger partial charge in [0.15, 0.2) is 17.0 Å². The highest BCUT2D eigenvalue weighted by Gasteiger charge is 2.51. The molecular formula is C14H22O8. The monoisotopic (exact) mass is 318 g/mol. The summed E-state index contributed by atoms with van der Waals surface area (Å²) < 4.78 is 4.40. The van der Waals surface area contributed by atoms with E-state index >= 15 is 0 Å². The number of aliphatic hydroxyl groups excluding tert-OH is 3. The Morgan fingerprint density at radius 3 is 1.50 bits per heavy atom. The first-order valence-corrected chi connectivity index (χ1v) is 6.69. The van der Waals surface area contributed by atoms with Crippen LogP contribution in [0.3, 0.4) is 0 Å². The number of rotatable bonds is 9. The van der Waals surface area contributed by atoms with Crippen molar-refractivity contribution in [3.8, 4) is 0 Å². The van der Waals surface area contributed by atoms with Gasteiger partial charge in [-0.2, -0.15) is 0 Å². The molecule has 126 valence electrons. The third-order valence-corrected chi connectivity index (χ3v) is 3.82. The van der Waals surface area contributed by atoms with Crippen molar-refractivity contribution >= 4 is 23.5 Å². The molecule has 0 aliphatic rings. The van der Waals surface area contributed by atoms with Gasteiger partial charge in [-0.1, -0.05) is 0 Å². The lowest BCUT2D eigenvalue weighted by atomic mass is 9.71. The lowest BCUT2D eigenvalue weighted by Gasteiger charge is -2.32. The summed E-state index contributed by atoms with van der Waals surface area (Å²) in [5.41, 5.74) is -3.55. The highest BCUT2D eigenvalue weighted by Crippen LogP contribution is 2.34. The fraction of sp³-hybridized carbons (Fsp3) is 0.714. The molecule has 0 aromatic rings. The molecule has 8 nitrogen and oxygen atoms in total. The zero-order valence-electron chi connectivity index (χ0n) is 12.9. The summed E-state index contributed by atoms with van der Waals surface area (Å²) >= 11 is 0. The first-order chi connectivity index (χ1) is 10.1. The van der Waals surface area contributed by atoms with Crippen LogP contribution in [0.25, 0.3) is 0 Å². The molecule has 0 aliphatic heterocycles. The maximum absolute atomic E-state index is 12.1. The van der Waals surface area contributed by atoms with E-state index in [1.54, 1.807) is 0 Å². The van der Waals surface area contributed by atoms with Crippen LogP contribution in [-0.2, 0) is 23.9 Å². The molecule has 0 aliphatic carbocycles. The fourth-order valence-corrected chi connectivity index (χ4v) is 2.05. The maximum Gasteiger partial charge on any atom is 0.334 e. The molecule has 0 spiro atoms. The van der Waals surface area contributed by atoms with Gasteiger partial charge < -0.3 is 20.1 Å². The quantitative estimate of drug-likeness (QED) is 0.363. The van der Waals surface area contributed by atoms with E-state index in [0.717, 1.165) is 20.8 Å². The molecule has 0 heterocycles. The van der Waals surface area contributed by atoms with E-state index in [9.17, 15) is 34.5 Å². The summed E-state index contributed by atoms with van der Waals surface area (Å²) in [4.78, 5) is 46.8. The van der Waals surface area contributed by atoms with Gasteiger partial charge in [-0.25, -0.2) is 4.79 Å². The van der Waals surface area contributed by atoms with Gasteiger partial charge >= 0.3 is 11.9 Å². The summed E-state index contributed by atoms with van der Waals surface area (Å²) in [5.74, 6) is -3.87. The van der Waals surface area contributed by atoms with Gasteiger partial charge in [-0.05, 0) is 26.7 Å². The molecular weight excluding hydrogens is 296 g/mol. The van der Waals surface area contributed by atoms with E-state index in [4.69, 9.17) is 0 Å². The average molecular weight is 318 g/mol. The predicted molar refractivity (Wildman–Crippen MR) is 73.5 cm³/mol. The number of hydrogen-bond donors (Lipinski definition) is 3. The van der Waals surface area contributed by atoms with Crippen LogP contribution in [0.15, 0.2) is 0 Å². The smallest absolute Gasteiger partial charge is 0.334 e. The van der Waals surface area contributed by atoms with Crippen molar-refractivity contribution in [2.75, 3.05) is 19.8 Å². The SMILES string of the molecule is CC(=O)OC(=O)C(CCC(CO)(CO)CO)(C(C)=O)C(C)=O. The van der Waals surface area contributed by atoms with Gasteiger partial charge in [0, 0.05) is 12.3 Å². The molecule has 0 aromatic heterocycles. The topological polar surface area (TPSA) is 138 Å². The summed E-state index contributed by atoms with van der Waals surface area (Å²) in [6, 6.07) is 0. The van der Waals surface area contributed by atoms with Crippen molar-refractivity contribution in [3.05, 3.63) is 0 Å². The number of hydrogen-bond acceptors (Lipinski definition) is 8. The van der Waals surface area contributed by atoms with Crippen molar-refractivity contribution in [3.63, 3.8) is 0 Å². The van der Waals surface area contributed by atoms with Gasteiger partial charge in [0.05, 0.1) is 19.8 Å². The molecule has 0 fully saturated rings. The van der Waals surface area contributed by atoms with Crippen molar-refractivity contribution in [2.45, 2.75) is 33.6 Å². The number of Topliss-reactive ketones (excluding diaryl/α,β-unsaturated/α-hetero) is 2. The molecule has 0 aromatic carbocycles. The molecule has 22 heavy (non-hydrogen) atoms. The third kappa shape index (κ3) is 4.19. The highest BCUT2D eigenvalue weighted by atomic mass is 16.6. The molecule has 3 N–H and O–H groups in total. The van der Waals surface area contributed by atoms with Crippen LogP contribution >= 0.6 is 0 Å². The number of ether oxygens (including phenoxy) is 1. The first kappa shape index (κ1) is 20.4. The highest BCUT2D eigenvalue weighted by molar-refractivity contribution is 6.22. The summed E-state index contributed by atoms with van der Waals surface area (Å²) in [6.07, 6.45) is -0.589. The van der Waals surface area contributed by atoms with Crippen LogP contribution in [0.2, 0.25) is 0 Å². The number of carbonyl (C=O) groups excluding carboxylic acids is 4. The van der Waals surface area contributed by atoms with E-state index in [1.165, 1.54) is 0 Å². The molecule has 0 rings (SSSR count). The fourth-order valence-electron chi connectivity index (χ4n) is 2.05. The number of carbonyl (C=O) groups is 4. The normalized spacial score (nSPS) is 11.9. The maximum atomic E-state index is 12.1. The molecule has 0 radical (unpaired) electrons. The van der Waals surface area contributed by atoms with Crippen molar-refractivity contribution in [1.29, 1.82) is 0 Å². The lowest BCUT2D eigenvalue weighted by molar-refractivity contribution is -0.170. The van der Waals surface area contributed by atoms with Crippen LogP contribution in [0.1, 0.15) is 33.6 Å². The Bertz CT molecular complexity index is 427. The second-order valence-corrected chi connectivity index (χ2v) is 5.37. The van der Waals surface area contributed by atoms with Crippen LogP contribution in [0, 0.1) is 10.8 Å². The second-order valence-electron chi connectivity index (χ2n) is 5.37. The first-order valence-electron chi connectivity index (χ1n) is 6.69. The molecule has 0 saturated carbocycles. The van der Waals surface area contributed by atoms with E-state index in [0.29, 0.717) is 0 Å². The zero-order valence-corrected chi connectivity index (χ0v) is 12.9.